The lowest BCUT2D eigenvalue weighted by molar-refractivity contribution is 0.567. The highest BCUT2D eigenvalue weighted by atomic mass is 14.5. The van der Waals surface area contributed by atoms with Crippen LogP contribution in [-0.4, -0.2) is 5.71 Å². The van der Waals surface area contributed by atoms with Crippen LogP contribution in [0.1, 0.15) is 47.0 Å². The lowest BCUT2D eigenvalue weighted by Gasteiger charge is -2.19. The van der Waals surface area contributed by atoms with E-state index in [1.165, 1.54) is 6.42 Å². The van der Waals surface area contributed by atoms with Gasteiger partial charge in [-0.15, -0.1) is 0 Å². The van der Waals surface area contributed by atoms with Crippen LogP contribution in [0, 0.1) is 10.8 Å². The number of unbranched alkanes of at least 4 members (excludes halogenated alkanes) is 1. The Morgan fingerprint density at radius 3 is 2.10 bits per heavy atom. The molecule has 10 heavy (non-hydrogen) atoms. The lowest BCUT2D eigenvalue weighted by Crippen LogP contribution is -2.18. The second-order valence-corrected chi connectivity index (χ2v) is 3.83. The first kappa shape index (κ1) is 9.67. The summed E-state index contributed by atoms with van der Waals surface area (Å²) in [6, 6.07) is 0. The lowest BCUT2D eigenvalue weighted by atomic mass is 9.87. The summed E-state index contributed by atoms with van der Waals surface area (Å²) in [5, 5.41) is 7.64. The predicted octanol–water partition coefficient (Wildman–Crippen LogP) is 3.24. The third-order valence-corrected chi connectivity index (χ3v) is 1.69. The van der Waals surface area contributed by atoms with E-state index < -0.39 is 0 Å². The molecule has 1 N–H and O–H groups in total. The molecule has 0 aliphatic rings. The van der Waals surface area contributed by atoms with Gasteiger partial charge in [0.05, 0.1) is 0 Å². The molecule has 0 aliphatic carbocycles. The first-order chi connectivity index (χ1) is 4.48. The van der Waals surface area contributed by atoms with Crippen LogP contribution in [0.25, 0.3) is 0 Å². The average Bonchev–Trinajstić information content (AvgIpc) is 1.80. The zero-order chi connectivity index (χ0) is 8.20. The van der Waals surface area contributed by atoms with Crippen molar-refractivity contribution in [1.82, 2.24) is 0 Å². The molecule has 0 aromatic rings. The van der Waals surface area contributed by atoms with Gasteiger partial charge in [-0.2, -0.15) is 0 Å². The van der Waals surface area contributed by atoms with Crippen LogP contribution in [0.5, 0.6) is 0 Å². The average molecular weight is 141 g/mol. The van der Waals surface area contributed by atoms with E-state index in [4.69, 9.17) is 5.41 Å². The van der Waals surface area contributed by atoms with E-state index >= 15 is 0 Å². The van der Waals surface area contributed by atoms with Crippen molar-refractivity contribution in [3.63, 3.8) is 0 Å². The molecule has 0 radical (unpaired) electrons. The standard InChI is InChI=1S/C9H19N/c1-5-6-7-8(10)9(2,3)4/h10H,5-7H2,1-4H3. The van der Waals surface area contributed by atoms with Crippen molar-refractivity contribution >= 4 is 5.71 Å². The molecule has 0 amide bonds. The molecular formula is C9H19N. The van der Waals surface area contributed by atoms with Crippen molar-refractivity contribution in [3.8, 4) is 0 Å². The van der Waals surface area contributed by atoms with Crippen molar-refractivity contribution < 1.29 is 0 Å². The molecule has 0 fully saturated rings. The largest absolute Gasteiger partial charge is 0.309 e. The Balaban J connectivity index is 3.64. The molecule has 1 heteroatoms. The number of hydrogen-bond acceptors (Lipinski definition) is 1. The fourth-order valence-electron chi connectivity index (χ4n) is 0.729. The summed E-state index contributed by atoms with van der Waals surface area (Å²) >= 11 is 0. The van der Waals surface area contributed by atoms with Crippen LogP contribution < -0.4 is 0 Å². The smallest absolute Gasteiger partial charge is 0.0143 e. The second-order valence-electron chi connectivity index (χ2n) is 3.83. The first-order valence-electron chi connectivity index (χ1n) is 4.06. The molecule has 0 aromatic heterocycles. The van der Waals surface area contributed by atoms with Gasteiger partial charge in [0, 0.05) is 5.71 Å². The highest BCUT2D eigenvalue weighted by Crippen LogP contribution is 2.18. The van der Waals surface area contributed by atoms with Crippen molar-refractivity contribution in [2.75, 3.05) is 0 Å². The Kier molecular flexibility index (Phi) is 3.62. The van der Waals surface area contributed by atoms with E-state index in [0.717, 1.165) is 18.6 Å². The van der Waals surface area contributed by atoms with Gasteiger partial charge in [0.25, 0.3) is 0 Å². The molecular weight excluding hydrogens is 122 g/mol. The van der Waals surface area contributed by atoms with Gasteiger partial charge in [-0.3, -0.25) is 0 Å². The van der Waals surface area contributed by atoms with Crippen LogP contribution >= 0.6 is 0 Å². The Labute approximate surface area is 64.3 Å². The van der Waals surface area contributed by atoms with Gasteiger partial charge in [-0.1, -0.05) is 34.1 Å². The van der Waals surface area contributed by atoms with Gasteiger partial charge in [0.1, 0.15) is 0 Å². The van der Waals surface area contributed by atoms with E-state index in [-0.39, 0.29) is 5.41 Å². The fourth-order valence-corrected chi connectivity index (χ4v) is 0.729. The topological polar surface area (TPSA) is 23.9 Å². The minimum Gasteiger partial charge on any atom is -0.309 e. The van der Waals surface area contributed by atoms with Gasteiger partial charge < -0.3 is 5.41 Å². The minimum atomic E-state index is 0.0924. The quantitative estimate of drug-likeness (QED) is 0.583. The maximum atomic E-state index is 7.64. The van der Waals surface area contributed by atoms with Crippen LogP contribution in [-0.2, 0) is 0 Å². The zero-order valence-corrected chi connectivity index (χ0v) is 7.62. The van der Waals surface area contributed by atoms with Gasteiger partial charge in [0.15, 0.2) is 0 Å². The molecule has 0 saturated carbocycles. The summed E-state index contributed by atoms with van der Waals surface area (Å²) in [6.07, 6.45) is 3.33. The van der Waals surface area contributed by atoms with Crippen molar-refractivity contribution in [1.29, 1.82) is 5.41 Å². The molecule has 0 rings (SSSR count). The van der Waals surface area contributed by atoms with Crippen molar-refractivity contribution in [2.45, 2.75) is 47.0 Å². The molecule has 0 heterocycles. The SMILES string of the molecule is CCCCC(=N)C(C)(C)C. The molecule has 60 valence electrons. The van der Waals surface area contributed by atoms with Crippen LogP contribution in [0.15, 0.2) is 0 Å². The monoisotopic (exact) mass is 141 g/mol. The van der Waals surface area contributed by atoms with E-state index in [9.17, 15) is 0 Å². The van der Waals surface area contributed by atoms with Crippen LogP contribution in [0.4, 0.5) is 0 Å². The minimum absolute atomic E-state index is 0.0924. The summed E-state index contributed by atoms with van der Waals surface area (Å²) in [4.78, 5) is 0. The van der Waals surface area contributed by atoms with Gasteiger partial charge in [-0.25, -0.2) is 0 Å². The molecule has 0 aliphatic heterocycles. The van der Waals surface area contributed by atoms with E-state index in [1.807, 2.05) is 0 Å². The maximum Gasteiger partial charge on any atom is 0.0143 e. The molecule has 0 spiro atoms. The van der Waals surface area contributed by atoms with Gasteiger partial charge >= 0.3 is 0 Å². The van der Waals surface area contributed by atoms with Crippen LogP contribution in [0.3, 0.4) is 0 Å². The van der Waals surface area contributed by atoms with Crippen molar-refractivity contribution in [2.24, 2.45) is 5.41 Å². The summed E-state index contributed by atoms with van der Waals surface area (Å²) in [5.41, 5.74) is 0.976. The van der Waals surface area contributed by atoms with E-state index in [0.29, 0.717) is 0 Å². The fraction of sp³-hybridized carbons (Fsp3) is 0.889. The summed E-state index contributed by atoms with van der Waals surface area (Å²) in [7, 11) is 0. The van der Waals surface area contributed by atoms with Gasteiger partial charge in [-0.05, 0) is 18.3 Å². The molecule has 0 saturated heterocycles. The Morgan fingerprint density at radius 1 is 1.30 bits per heavy atom. The van der Waals surface area contributed by atoms with Crippen molar-refractivity contribution in [3.05, 3.63) is 0 Å². The summed E-state index contributed by atoms with van der Waals surface area (Å²) in [6.45, 7) is 8.47. The molecule has 0 unspecified atom stereocenters. The highest BCUT2D eigenvalue weighted by molar-refractivity contribution is 5.86. The summed E-state index contributed by atoms with van der Waals surface area (Å²) < 4.78 is 0. The Bertz CT molecular complexity index is 108. The zero-order valence-electron chi connectivity index (χ0n) is 7.62. The Morgan fingerprint density at radius 2 is 1.80 bits per heavy atom. The number of nitrogens with one attached hydrogen (secondary N) is 1. The predicted molar refractivity (Wildman–Crippen MR) is 46.7 cm³/mol. The van der Waals surface area contributed by atoms with E-state index in [1.54, 1.807) is 0 Å². The summed E-state index contributed by atoms with van der Waals surface area (Å²) in [5.74, 6) is 0. The van der Waals surface area contributed by atoms with E-state index in [2.05, 4.69) is 27.7 Å². The first-order valence-corrected chi connectivity index (χ1v) is 4.06. The molecule has 1 nitrogen and oxygen atoms in total. The normalized spacial score (nSPS) is 11.6. The molecule has 0 atom stereocenters. The highest BCUT2D eigenvalue weighted by Gasteiger charge is 2.15. The van der Waals surface area contributed by atoms with Gasteiger partial charge in [0.2, 0.25) is 0 Å². The second kappa shape index (κ2) is 3.75. The number of hydrogen-bond donors (Lipinski definition) is 1. The molecule has 0 aromatic carbocycles. The third kappa shape index (κ3) is 3.65. The maximum absolute atomic E-state index is 7.64. The Hall–Kier alpha value is -0.330. The molecule has 0 bridgehead atoms. The third-order valence-electron chi connectivity index (χ3n) is 1.69. The van der Waals surface area contributed by atoms with Crippen LogP contribution in [0.2, 0.25) is 0 Å². The number of rotatable bonds is 3.